The molecule has 1 saturated carbocycles. The van der Waals surface area contributed by atoms with Crippen LogP contribution in [-0.2, 0) is 0 Å². The number of halogens is 6. The van der Waals surface area contributed by atoms with E-state index in [9.17, 15) is 26.3 Å². The zero-order valence-electron chi connectivity index (χ0n) is 18.5. The Morgan fingerprint density at radius 2 is 1.55 bits per heavy atom. The lowest BCUT2D eigenvalue weighted by Crippen LogP contribution is -2.32. The number of alkyl halides is 2. The van der Waals surface area contributed by atoms with Crippen molar-refractivity contribution < 1.29 is 35.8 Å². The molecule has 1 fully saturated rings. The van der Waals surface area contributed by atoms with E-state index in [4.69, 9.17) is 4.74 Å². The van der Waals surface area contributed by atoms with Crippen LogP contribution >= 0.6 is 0 Å². The van der Waals surface area contributed by atoms with Crippen LogP contribution in [0.25, 0.3) is 0 Å². The van der Waals surface area contributed by atoms with Gasteiger partial charge in [-0.1, -0.05) is 38.7 Å². The molecule has 0 bridgehead atoms. The first-order chi connectivity index (χ1) is 15.7. The Morgan fingerprint density at radius 3 is 2.15 bits per heavy atom. The summed E-state index contributed by atoms with van der Waals surface area (Å²) in [5.41, 5.74) is 0.812. The number of hydrogen-bond acceptors (Lipinski definition) is 2. The van der Waals surface area contributed by atoms with Gasteiger partial charge in [-0.25, -0.2) is 17.6 Å². The number of unbranched alkanes of at least 4 members (excludes halogenated alkanes) is 2. The summed E-state index contributed by atoms with van der Waals surface area (Å²) < 4.78 is 90.9. The summed E-state index contributed by atoms with van der Waals surface area (Å²) in [6.07, 6.45) is 5.02. The molecule has 0 N–H and O–H groups in total. The predicted molar refractivity (Wildman–Crippen MR) is 113 cm³/mol. The molecule has 0 spiro atoms. The van der Waals surface area contributed by atoms with Gasteiger partial charge in [0.2, 0.25) is 0 Å². The Balaban J connectivity index is 1.54. The average Bonchev–Trinajstić information content (AvgIpc) is 2.77. The summed E-state index contributed by atoms with van der Waals surface area (Å²) >= 11 is 0. The van der Waals surface area contributed by atoms with Gasteiger partial charge in [0.15, 0.2) is 35.6 Å². The zero-order valence-corrected chi connectivity index (χ0v) is 18.5. The summed E-state index contributed by atoms with van der Waals surface area (Å²) in [6, 6.07) is 4.86. The van der Waals surface area contributed by atoms with Gasteiger partial charge in [-0.2, -0.15) is 8.78 Å². The fraction of sp³-hybridized carbons (Fsp3) is 0.520. The molecule has 0 radical (unpaired) electrons. The lowest BCUT2D eigenvalue weighted by Gasteiger charge is -2.29. The van der Waals surface area contributed by atoms with Crippen LogP contribution in [0.3, 0.4) is 0 Å². The maximum Gasteiger partial charge on any atom is 0.433 e. The van der Waals surface area contributed by atoms with E-state index in [-0.39, 0.29) is 11.7 Å². The topological polar surface area (TPSA) is 18.5 Å². The highest BCUT2D eigenvalue weighted by molar-refractivity contribution is 5.32. The third-order valence-corrected chi connectivity index (χ3v) is 6.11. The van der Waals surface area contributed by atoms with Crippen molar-refractivity contribution in [1.82, 2.24) is 0 Å². The highest BCUT2D eigenvalue weighted by Crippen LogP contribution is 2.39. The molecule has 0 unspecified atom stereocenters. The molecule has 1 aliphatic carbocycles. The van der Waals surface area contributed by atoms with E-state index in [1.165, 1.54) is 37.8 Å². The van der Waals surface area contributed by atoms with E-state index >= 15 is 0 Å². The molecule has 0 atom stereocenters. The summed E-state index contributed by atoms with van der Waals surface area (Å²) in [6.45, 7) is 0.785. The number of hydrogen-bond donors (Lipinski definition) is 0. The lowest BCUT2D eigenvalue weighted by molar-refractivity contribution is -0.196. The molecular weight excluding hydrogens is 446 g/mol. The van der Waals surface area contributed by atoms with Gasteiger partial charge in [-0.05, 0) is 55.2 Å². The third kappa shape index (κ3) is 7.05. The van der Waals surface area contributed by atoms with Gasteiger partial charge in [0, 0.05) is 12.1 Å². The molecule has 182 valence electrons. The maximum absolute atomic E-state index is 14.5. The largest absolute Gasteiger partial charge is 0.480 e. The molecule has 0 aliphatic heterocycles. The third-order valence-electron chi connectivity index (χ3n) is 6.11. The Hall–Kier alpha value is -2.38. The molecule has 0 heterocycles. The molecule has 3 rings (SSSR count). The Bertz CT molecular complexity index is 902. The Kier molecular flexibility index (Phi) is 8.54. The van der Waals surface area contributed by atoms with E-state index in [1.54, 1.807) is 6.07 Å². The summed E-state index contributed by atoms with van der Waals surface area (Å²) in [4.78, 5) is 0. The SMILES string of the molecule is CCCCCC1CCC(c2ccc(OCC(F)(F)Oc3cc(F)c(F)c(F)c3)c(F)c2)CC1. The van der Waals surface area contributed by atoms with Crippen molar-refractivity contribution >= 4 is 0 Å². The molecule has 0 amide bonds. The minimum Gasteiger partial charge on any atom is -0.480 e. The van der Waals surface area contributed by atoms with Gasteiger partial charge in [0.25, 0.3) is 0 Å². The number of rotatable bonds is 10. The minimum absolute atomic E-state index is 0.226. The standard InChI is InChI=1S/C25H28F6O2/c1-2-3-4-5-16-6-8-17(9-7-16)18-10-11-23(20(26)12-18)32-15-25(30,31)33-19-13-21(27)24(29)22(28)14-19/h10-14,16-17H,2-9,15H2,1H3. The van der Waals surface area contributed by atoms with E-state index < -0.39 is 41.7 Å². The van der Waals surface area contributed by atoms with Crippen LogP contribution in [0, 0.1) is 29.2 Å². The first-order valence-corrected chi connectivity index (χ1v) is 11.3. The van der Waals surface area contributed by atoms with Gasteiger partial charge in [0.05, 0.1) is 0 Å². The molecule has 8 heteroatoms. The highest BCUT2D eigenvalue weighted by atomic mass is 19.3. The monoisotopic (exact) mass is 474 g/mol. The summed E-state index contributed by atoms with van der Waals surface area (Å²) in [5.74, 6) is -6.26. The first kappa shape index (κ1) is 25.2. The molecule has 2 aromatic rings. The summed E-state index contributed by atoms with van der Waals surface area (Å²) in [5, 5.41) is 0. The van der Waals surface area contributed by atoms with Crippen molar-refractivity contribution in [2.45, 2.75) is 70.3 Å². The van der Waals surface area contributed by atoms with Crippen LogP contribution in [0.5, 0.6) is 11.5 Å². The Labute approximate surface area is 189 Å². The molecule has 2 nitrogen and oxygen atoms in total. The van der Waals surface area contributed by atoms with E-state index in [2.05, 4.69) is 11.7 Å². The van der Waals surface area contributed by atoms with Crippen molar-refractivity contribution in [2.75, 3.05) is 6.61 Å². The molecule has 0 aromatic heterocycles. The van der Waals surface area contributed by atoms with Crippen LogP contribution in [0.4, 0.5) is 26.3 Å². The number of ether oxygens (including phenoxy) is 2. The van der Waals surface area contributed by atoms with Crippen molar-refractivity contribution in [3.8, 4) is 11.5 Å². The van der Waals surface area contributed by atoms with Crippen molar-refractivity contribution in [1.29, 1.82) is 0 Å². The van der Waals surface area contributed by atoms with Gasteiger partial charge in [-0.15, -0.1) is 0 Å². The van der Waals surface area contributed by atoms with Crippen LogP contribution < -0.4 is 9.47 Å². The van der Waals surface area contributed by atoms with Crippen LogP contribution in [0.1, 0.15) is 69.8 Å². The van der Waals surface area contributed by atoms with Gasteiger partial charge < -0.3 is 9.47 Å². The second-order valence-corrected chi connectivity index (χ2v) is 8.63. The first-order valence-electron chi connectivity index (χ1n) is 11.3. The fourth-order valence-electron chi connectivity index (χ4n) is 4.31. The second-order valence-electron chi connectivity index (χ2n) is 8.63. The quantitative estimate of drug-likeness (QED) is 0.197. The maximum atomic E-state index is 14.5. The summed E-state index contributed by atoms with van der Waals surface area (Å²) in [7, 11) is 0. The van der Waals surface area contributed by atoms with E-state index in [1.807, 2.05) is 0 Å². The molecule has 1 aliphatic rings. The molecule has 0 saturated heterocycles. The van der Waals surface area contributed by atoms with Gasteiger partial charge >= 0.3 is 6.11 Å². The van der Waals surface area contributed by atoms with Crippen molar-refractivity contribution in [3.05, 3.63) is 59.2 Å². The van der Waals surface area contributed by atoms with Gasteiger partial charge in [0.1, 0.15) is 5.75 Å². The Morgan fingerprint density at radius 1 is 0.879 bits per heavy atom. The van der Waals surface area contributed by atoms with Crippen LogP contribution in [-0.4, -0.2) is 12.7 Å². The number of benzene rings is 2. The van der Waals surface area contributed by atoms with Crippen LogP contribution in [0.15, 0.2) is 30.3 Å². The van der Waals surface area contributed by atoms with E-state index in [0.29, 0.717) is 18.1 Å². The molecule has 33 heavy (non-hydrogen) atoms. The predicted octanol–water partition coefficient (Wildman–Crippen LogP) is 8.15. The average molecular weight is 474 g/mol. The molecule has 2 aromatic carbocycles. The minimum atomic E-state index is -4.03. The smallest absolute Gasteiger partial charge is 0.433 e. The van der Waals surface area contributed by atoms with E-state index in [0.717, 1.165) is 31.2 Å². The van der Waals surface area contributed by atoms with Crippen LogP contribution in [0.2, 0.25) is 0 Å². The van der Waals surface area contributed by atoms with Crippen molar-refractivity contribution in [3.63, 3.8) is 0 Å². The normalized spacial score (nSPS) is 18.9. The zero-order chi connectivity index (χ0) is 24.0. The fourth-order valence-corrected chi connectivity index (χ4v) is 4.31. The highest BCUT2D eigenvalue weighted by Gasteiger charge is 2.34. The lowest BCUT2D eigenvalue weighted by atomic mass is 9.77. The van der Waals surface area contributed by atoms with Crippen molar-refractivity contribution in [2.24, 2.45) is 5.92 Å². The second kappa shape index (κ2) is 11.2. The van der Waals surface area contributed by atoms with Gasteiger partial charge in [-0.3, -0.25) is 0 Å². The molecular formula is C25H28F6O2.